The summed E-state index contributed by atoms with van der Waals surface area (Å²) in [5, 5.41) is 20.2. The number of imide groups is 1. The minimum Gasteiger partial charge on any atom is -0.385 e. The highest BCUT2D eigenvalue weighted by Gasteiger charge is 2.53. The second-order valence-electron chi connectivity index (χ2n) is 23.6. The molecule has 2 saturated heterocycles. The number of rotatable bonds is 24. The number of likely N-dealkylation sites (tertiary alicyclic amines) is 1. The number of anilines is 1. The zero-order chi connectivity index (χ0) is 56.5. The molecule has 3 saturated carbocycles. The van der Waals surface area contributed by atoms with E-state index in [0.717, 1.165) is 75.6 Å². The van der Waals surface area contributed by atoms with Gasteiger partial charge in [-0.15, -0.1) is 0 Å². The van der Waals surface area contributed by atoms with Crippen LogP contribution in [0.15, 0.2) is 30.6 Å². The summed E-state index contributed by atoms with van der Waals surface area (Å²) in [7, 11) is 1.99. The van der Waals surface area contributed by atoms with Crippen LogP contribution in [0.1, 0.15) is 167 Å². The van der Waals surface area contributed by atoms with E-state index in [0.29, 0.717) is 63.8 Å². The van der Waals surface area contributed by atoms with Crippen LogP contribution < -0.4 is 37.2 Å². The fraction of sp³-hybridized carbons (Fsp3) is 0.649. The van der Waals surface area contributed by atoms with Crippen molar-refractivity contribution in [2.45, 2.75) is 173 Å². The van der Waals surface area contributed by atoms with Gasteiger partial charge in [0.25, 0.3) is 23.6 Å². The summed E-state index contributed by atoms with van der Waals surface area (Å²) in [6.07, 6.45) is 13.3. The SMILES string of the molecule is CCC[C@H](NC(=O)[C@@H]1[C@H]2CCC[C@H]2CN1C(=O)[C@@H](NC(=O)C(NC(=O)c1cnc(C(=O)NCCCN(C)CCCNc2cccc3c2CN(C2CCC(=O)NC2=O)C3=O)cn1)C1CCCCC1)C(C)(C)C)C(=O)C(=O)NC1CC1. The number of benzene rings is 1. The van der Waals surface area contributed by atoms with Crippen molar-refractivity contribution in [1.82, 2.24) is 56.6 Å². The van der Waals surface area contributed by atoms with Crippen molar-refractivity contribution in [3.63, 3.8) is 0 Å². The van der Waals surface area contributed by atoms with Crippen LogP contribution in [0.3, 0.4) is 0 Å². The molecule has 0 spiro atoms. The lowest BCUT2D eigenvalue weighted by Crippen LogP contribution is -2.62. The van der Waals surface area contributed by atoms with Crippen LogP contribution in [-0.2, 0) is 40.1 Å². The van der Waals surface area contributed by atoms with E-state index in [1.54, 1.807) is 11.0 Å². The van der Waals surface area contributed by atoms with E-state index in [1.807, 2.05) is 46.9 Å². The smallest absolute Gasteiger partial charge is 0.289 e. The molecule has 9 amide bonds. The van der Waals surface area contributed by atoms with E-state index in [9.17, 15) is 47.9 Å². The monoisotopic (exact) mass is 1090 g/mol. The fourth-order valence-electron chi connectivity index (χ4n) is 12.1. The number of fused-ring (bicyclic) bond motifs is 2. The summed E-state index contributed by atoms with van der Waals surface area (Å²) in [4.78, 5) is 148. The Labute approximate surface area is 462 Å². The quantitative estimate of drug-likeness (QED) is 0.0452. The highest BCUT2D eigenvalue weighted by molar-refractivity contribution is 6.38. The Morgan fingerprint density at radius 1 is 0.823 bits per heavy atom. The molecule has 0 radical (unpaired) electrons. The molecule has 8 rings (SSSR count). The molecule has 2 unspecified atom stereocenters. The summed E-state index contributed by atoms with van der Waals surface area (Å²) in [6.45, 7) is 10.5. The Kier molecular flexibility index (Phi) is 19.2. The third-order valence-corrected chi connectivity index (χ3v) is 16.6. The molecule has 1 aromatic heterocycles. The first-order valence-corrected chi connectivity index (χ1v) is 28.7. The summed E-state index contributed by atoms with van der Waals surface area (Å²) >= 11 is 0. The number of amides is 9. The van der Waals surface area contributed by atoms with Crippen LogP contribution in [0.25, 0.3) is 0 Å². The van der Waals surface area contributed by atoms with Crippen LogP contribution >= 0.6 is 0 Å². The minimum atomic E-state index is -1.09. The van der Waals surface area contributed by atoms with Crippen molar-refractivity contribution in [2.24, 2.45) is 23.2 Å². The second kappa shape index (κ2) is 26.0. The third-order valence-electron chi connectivity index (χ3n) is 16.6. The molecule has 2 aromatic rings. The summed E-state index contributed by atoms with van der Waals surface area (Å²) < 4.78 is 0. The van der Waals surface area contributed by atoms with E-state index in [-0.39, 0.29) is 66.4 Å². The lowest BCUT2D eigenvalue weighted by atomic mass is 9.82. The summed E-state index contributed by atoms with van der Waals surface area (Å²) in [6, 6.07) is 0.741. The number of hydrogen-bond donors (Lipinski definition) is 7. The molecule has 7 atom stereocenters. The molecule has 0 bridgehead atoms. The maximum atomic E-state index is 14.9. The van der Waals surface area contributed by atoms with Gasteiger partial charge < -0.3 is 46.6 Å². The maximum absolute atomic E-state index is 14.9. The van der Waals surface area contributed by atoms with Crippen LogP contribution in [0.4, 0.5) is 5.69 Å². The van der Waals surface area contributed by atoms with Gasteiger partial charge in [0.2, 0.25) is 35.3 Å². The Hall–Kier alpha value is -6.84. The van der Waals surface area contributed by atoms with Gasteiger partial charge in [0.15, 0.2) is 0 Å². The molecule has 3 aliphatic carbocycles. The van der Waals surface area contributed by atoms with Crippen molar-refractivity contribution in [3.05, 3.63) is 53.1 Å². The average Bonchev–Trinajstić information content (AvgIpc) is 3.92. The number of hydrogen-bond acceptors (Lipinski definition) is 14. The van der Waals surface area contributed by atoms with Gasteiger partial charge in [-0.25, -0.2) is 9.97 Å². The molecule has 3 aliphatic heterocycles. The zero-order valence-electron chi connectivity index (χ0n) is 46.5. The first kappa shape index (κ1) is 58.3. The van der Waals surface area contributed by atoms with E-state index >= 15 is 0 Å². The molecule has 6 aliphatic rings. The number of carbonyl (C=O) groups is 10. The first-order chi connectivity index (χ1) is 37.8. The van der Waals surface area contributed by atoms with Gasteiger partial charge in [-0.1, -0.05) is 65.9 Å². The third kappa shape index (κ3) is 14.3. The lowest BCUT2D eigenvalue weighted by molar-refractivity contribution is -0.146. The van der Waals surface area contributed by atoms with Crippen molar-refractivity contribution >= 4 is 64.6 Å². The predicted molar refractivity (Wildman–Crippen MR) is 291 cm³/mol. The van der Waals surface area contributed by atoms with E-state index < -0.39 is 82.8 Å². The topological polar surface area (TPSA) is 290 Å². The van der Waals surface area contributed by atoms with E-state index in [1.165, 1.54) is 17.3 Å². The number of nitrogens with one attached hydrogen (secondary N) is 7. The molecule has 22 heteroatoms. The molecular formula is C57H80N12O10. The number of carbonyl (C=O) groups excluding carboxylic acids is 10. The van der Waals surface area contributed by atoms with Crippen molar-refractivity contribution in [1.29, 1.82) is 0 Å². The van der Waals surface area contributed by atoms with Gasteiger partial charge in [0, 0.05) is 55.5 Å². The number of nitrogens with zero attached hydrogens (tertiary/aromatic N) is 5. The highest BCUT2D eigenvalue weighted by Crippen LogP contribution is 2.43. The fourth-order valence-corrected chi connectivity index (χ4v) is 12.1. The molecule has 7 N–H and O–H groups in total. The average molecular weight is 1090 g/mol. The van der Waals surface area contributed by atoms with Gasteiger partial charge in [-0.2, -0.15) is 0 Å². The van der Waals surface area contributed by atoms with Gasteiger partial charge in [-0.3, -0.25) is 53.3 Å². The Bertz CT molecular complexity index is 2630. The molecule has 22 nitrogen and oxygen atoms in total. The maximum Gasteiger partial charge on any atom is 0.289 e. The Morgan fingerprint density at radius 3 is 2.20 bits per heavy atom. The Morgan fingerprint density at radius 2 is 1.53 bits per heavy atom. The molecule has 4 heterocycles. The second-order valence-corrected chi connectivity index (χ2v) is 23.6. The van der Waals surface area contributed by atoms with Crippen LogP contribution in [-0.4, -0.2) is 160 Å². The lowest BCUT2D eigenvalue weighted by Gasteiger charge is -2.38. The molecule has 79 heavy (non-hydrogen) atoms. The normalized spacial score (nSPS) is 22.3. The Balaban J connectivity index is 0.814. The van der Waals surface area contributed by atoms with Crippen molar-refractivity contribution in [3.8, 4) is 0 Å². The van der Waals surface area contributed by atoms with Crippen LogP contribution in [0, 0.1) is 23.2 Å². The molecule has 1 aromatic carbocycles. The highest BCUT2D eigenvalue weighted by atomic mass is 16.2. The first-order valence-electron chi connectivity index (χ1n) is 28.7. The van der Waals surface area contributed by atoms with Crippen LogP contribution in [0.2, 0.25) is 0 Å². The molecule has 428 valence electrons. The van der Waals surface area contributed by atoms with E-state index in [2.05, 4.69) is 52.1 Å². The number of Topliss-reactive ketones (excluding diaryl/α,β-unsaturated/α-hetero) is 1. The largest absolute Gasteiger partial charge is 0.385 e. The van der Waals surface area contributed by atoms with Gasteiger partial charge >= 0.3 is 0 Å². The minimum absolute atomic E-state index is 0.0167. The number of aromatic nitrogens is 2. The molecular weight excluding hydrogens is 1010 g/mol. The predicted octanol–water partition coefficient (Wildman–Crippen LogP) is 2.76. The van der Waals surface area contributed by atoms with Gasteiger partial charge in [0.05, 0.1) is 18.4 Å². The number of ketones is 1. The van der Waals surface area contributed by atoms with Gasteiger partial charge in [0.1, 0.15) is 35.6 Å². The molecule has 5 fully saturated rings. The standard InChI is InChI=1S/C57H80N12O10/c1-6-14-40(47(71)54(77)62-35-21-22-35)63-53(76)46-36-18-10-17-34(36)31-69(46)56(79)48(57(2,3)4)66-52(75)45(33-15-8-7-9-16-33)65-50(73)42-30-60-41(29-61-42)49(72)59-26-13-28-67(5)27-12-25-58-39-20-11-19-37-38(39)32-68(55(37)78)43-23-24-44(70)64-51(43)74/h11,19-20,29-30,33-36,40,43,45-46,48,58H,6-10,12-18,21-28,31-32H2,1-5H3,(H,59,72)(H,62,77)(H,63,76)(H,65,73)(H,66,75)(H,64,70,74)/t34-,36-,40-,43?,45?,46-,48+/m0/s1. The zero-order valence-corrected chi connectivity index (χ0v) is 46.5. The summed E-state index contributed by atoms with van der Waals surface area (Å²) in [5.41, 5.74) is 1.32. The summed E-state index contributed by atoms with van der Waals surface area (Å²) in [5.74, 6) is -5.29. The van der Waals surface area contributed by atoms with Crippen molar-refractivity contribution in [2.75, 3.05) is 45.1 Å². The van der Waals surface area contributed by atoms with Gasteiger partial charge in [-0.05, 0) is 120 Å². The van der Waals surface area contributed by atoms with Crippen molar-refractivity contribution < 1.29 is 47.9 Å². The van der Waals surface area contributed by atoms with E-state index in [4.69, 9.17) is 0 Å². The number of piperidine rings is 1. The van der Waals surface area contributed by atoms with Crippen LogP contribution in [0.5, 0.6) is 0 Å².